The van der Waals surface area contributed by atoms with Gasteiger partial charge in [-0.15, -0.1) is 0 Å². The fourth-order valence-corrected chi connectivity index (χ4v) is 3.16. The summed E-state index contributed by atoms with van der Waals surface area (Å²) in [4.78, 5) is 23.6. The first-order chi connectivity index (χ1) is 14.4. The van der Waals surface area contributed by atoms with Crippen LogP contribution in [-0.2, 0) is 0 Å². The summed E-state index contributed by atoms with van der Waals surface area (Å²) in [5, 5.41) is 16.2. The largest absolute Gasteiger partial charge is 0.431 e. The average molecular weight is 442 g/mol. The molecule has 0 aliphatic heterocycles. The fraction of sp³-hybridized carbons (Fsp3) is 0.0500. The fourth-order valence-electron chi connectivity index (χ4n) is 2.82. The molecule has 1 N–H and O–H groups in total. The molecule has 4 aromatic rings. The number of anilines is 2. The first-order valence-electron chi connectivity index (χ1n) is 8.68. The SMILES string of the molecule is Cc1ccc2cccc(Oc3ncnc(Nc4cc(Cl)ccc4Cl)c3[N+](=O)[O-])c2n1. The van der Waals surface area contributed by atoms with Crippen LogP contribution in [0, 0.1) is 17.0 Å². The van der Waals surface area contributed by atoms with Gasteiger partial charge in [0.25, 0.3) is 0 Å². The molecule has 30 heavy (non-hydrogen) atoms. The molecule has 2 aromatic heterocycles. The second-order valence-corrected chi connectivity index (χ2v) is 7.11. The maximum atomic E-state index is 11.8. The smallest absolute Gasteiger partial charge is 0.373 e. The second kappa shape index (κ2) is 8.10. The Bertz CT molecular complexity index is 1280. The Morgan fingerprint density at radius 2 is 1.93 bits per heavy atom. The van der Waals surface area contributed by atoms with Gasteiger partial charge in [-0.25, -0.2) is 9.97 Å². The summed E-state index contributed by atoms with van der Waals surface area (Å²) in [6.07, 6.45) is 1.16. The predicted molar refractivity (Wildman–Crippen MR) is 115 cm³/mol. The average Bonchev–Trinajstić information content (AvgIpc) is 2.71. The highest BCUT2D eigenvalue weighted by Crippen LogP contribution is 2.38. The van der Waals surface area contributed by atoms with E-state index in [0.29, 0.717) is 27.0 Å². The van der Waals surface area contributed by atoms with E-state index in [1.165, 1.54) is 6.07 Å². The molecule has 10 heteroatoms. The summed E-state index contributed by atoms with van der Waals surface area (Å²) in [6.45, 7) is 1.85. The zero-order valence-electron chi connectivity index (χ0n) is 15.5. The number of ether oxygens (including phenoxy) is 1. The molecule has 0 radical (unpaired) electrons. The van der Waals surface area contributed by atoms with E-state index in [0.717, 1.165) is 17.4 Å². The Morgan fingerprint density at radius 3 is 2.73 bits per heavy atom. The van der Waals surface area contributed by atoms with E-state index >= 15 is 0 Å². The number of halogens is 2. The van der Waals surface area contributed by atoms with Gasteiger partial charge in [0.15, 0.2) is 5.75 Å². The molecule has 0 amide bonds. The number of hydrogen-bond acceptors (Lipinski definition) is 7. The molecule has 0 aliphatic carbocycles. The summed E-state index contributed by atoms with van der Waals surface area (Å²) in [6, 6.07) is 13.8. The Morgan fingerprint density at radius 1 is 1.10 bits per heavy atom. The number of benzene rings is 2. The molecule has 0 atom stereocenters. The Labute approximate surface area is 180 Å². The molecule has 0 bridgehead atoms. The van der Waals surface area contributed by atoms with Crippen LogP contribution in [0.1, 0.15) is 5.69 Å². The van der Waals surface area contributed by atoms with E-state index in [1.54, 1.807) is 24.3 Å². The molecule has 8 nitrogen and oxygen atoms in total. The van der Waals surface area contributed by atoms with Crippen LogP contribution in [0.3, 0.4) is 0 Å². The van der Waals surface area contributed by atoms with E-state index in [4.69, 9.17) is 27.9 Å². The minimum Gasteiger partial charge on any atom is -0.431 e. The lowest BCUT2D eigenvalue weighted by molar-refractivity contribution is -0.385. The number of nitrogens with one attached hydrogen (secondary N) is 1. The summed E-state index contributed by atoms with van der Waals surface area (Å²) in [5.74, 6) is 0.0229. The van der Waals surface area contributed by atoms with E-state index in [1.807, 2.05) is 25.1 Å². The molecule has 0 aliphatic rings. The molecule has 2 aromatic carbocycles. The van der Waals surface area contributed by atoms with Crippen molar-refractivity contribution in [3.63, 3.8) is 0 Å². The van der Waals surface area contributed by atoms with Gasteiger partial charge in [0.2, 0.25) is 5.82 Å². The van der Waals surface area contributed by atoms with Crippen LogP contribution in [0.2, 0.25) is 10.0 Å². The van der Waals surface area contributed by atoms with Crippen LogP contribution in [0.25, 0.3) is 10.9 Å². The van der Waals surface area contributed by atoms with Crippen LogP contribution in [-0.4, -0.2) is 19.9 Å². The molecule has 150 valence electrons. The molecule has 0 saturated carbocycles. The third-order valence-corrected chi connectivity index (χ3v) is 4.75. The van der Waals surface area contributed by atoms with Gasteiger partial charge in [-0.05, 0) is 37.3 Å². The standard InChI is InChI=1S/C20H13Cl2N5O3/c1-11-5-6-12-3-2-4-16(17(12)25-11)30-20-18(27(28)29)19(23-10-24-20)26-15-9-13(21)7-8-14(15)22/h2-10H,1H3,(H,23,24,26). The van der Waals surface area contributed by atoms with Crippen molar-refractivity contribution in [2.75, 3.05) is 5.32 Å². The van der Waals surface area contributed by atoms with Crippen LogP contribution in [0.15, 0.2) is 54.9 Å². The molecule has 0 spiro atoms. The maximum absolute atomic E-state index is 11.8. The van der Waals surface area contributed by atoms with Crippen molar-refractivity contribution in [1.82, 2.24) is 15.0 Å². The topological polar surface area (TPSA) is 103 Å². The number of rotatable bonds is 5. The van der Waals surface area contributed by atoms with Crippen molar-refractivity contribution in [2.24, 2.45) is 0 Å². The quantitative estimate of drug-likeness (QED) is 0.295. The Kier molecular flexibility index (Phi) is 5.35. The molecular formula is C20H13Cl2N5O3. The van der Waals surface area contributed by atoms with E-state index < -0.39 is 10.6 Å². The predicted octanol–water partition coefficient (Wildman–Crippen LogP) is 6.08. The third-order valence-electron chi connectivity index (χ3n) is 4.18. The summed E-state index contributed by atoms with van der Waals surface area (Å²) in [5.41, 5.74) is 1.27. The molecule has 0 fully saturated rings. The van der Waals surface area contributed by atoms with Crippen LogP contribution in [0.4, 0.5) is 17.2 Å². The van der Waals surface area contributed by atoms with Gasteiger partial charge in [-0.2, -0.15) is 4.98 Å². The van der Waals surface area contributed by atoms with Crippen LogP contribution >= 0.6 is 23.2 Å². The van der Waals surface area contributed by atoms with Gasteiger partial charge in [-0.1, -0.05) is 41.4 Å². The highest BCUT2D eigenvalue weighted by Gasteiger charge is 2.26. The molecular weight excluding hydrogens is 429 g/mol. The number of nitro groups is 1. The van der Waals surface area contributed by atoms with Crippen molar-refractivity contribution in [1.29, 1.82) is 0 Å². The van der Waals surface area contributed by atoms with E-state index in [2.05, 4.69) is 20.3 Å². The van der Waals surface area contributed by atoms with Gasteiger partial charge in [-0.3, -0.25) is 10.1 Å². The number of fused-ring (bicyclic) bond motifs is 1. The Balaban J connectivity index is 1.78. The zero-order valence-corrected chi connectivity index (χ0v) is 17.0. The van der Waals surface area contributed by atoms with Gasteiger partial charge in [0.05, 0.1) is 15.6 Å². The molecule has 0 saturated heterocycles. The van der Waals surface area contributed by atoms with Crippen LogP contribution < -0.4 is 10.1 Å². The highest BCUT2D eigenvalue weighted by molar-refractivity contribution is 6.35. The van der Waals surface area contributed by atoms with Crippen molar-refractivity contribution in [3.05, 3.63) is 80.7 Å². The lowest BCUT2D eigenvalue weighted by atomic mass is 10.2. The first-order valence-corrected chi connectivity index (χ1v) is 9.43. The van der Waals surface area contributed by atoms with Gasteiger partial charge in [0.1, 0.15) is 11.8 Å². The number of aromatic nitrogens is 3. The van der Waals surface area contributed by atoms with Crippen molar-refractivity contribution >= 4 is 51.3 Å². The summed E-state index contributed by atoms with van der Waals surface area (Å²) >= 11 is 12.1. The Hall–Kier alpha value is -3.49. The molecule has 0 unspecified atom stereocenters. The number of aryl methyl sites for hydroxylation is 1. The van der Waals surface area contributed by atoms with Gasteiger partial charge < -0.3 is 10.1 Å². The normalized spacial score (nSPS) is 10.8. The van der Waals surface area contributed by atoms with Crippen molar-refractivity contribution in [3.8, 4) is 11.6 Å². The first kappa shape index (κ1) is 19.8. The summed E-state index contributed by atoms with van der Waals surface area (Å²) in [7, 11) is 0. The van der Waals surface area contributed by atoms with Gasteiger partial charge >= 0.3 is 11.6 Å². The van der Waals surface area contributed by atoms with E-state index in [9.17, 15) is 10.1 Å². The lowest BCUT2D eigenvalue weighted by Gasteiger charge is -2.11. The number of para-hydroxylation sites is 1. The molecule has 2 heterocycles. The minimum atomic E-state index is -0.625. The monoisotopic (exact) mass is 441 g/mol. The van der Waals surface area contributed by atoms with Crippen molar-refractivity contribution < 1.29 is 9.66 Å². The number of pyridine rings is 1. The highest BCUT2D eigenvalue weighted by atomic mass is 35.5. The van der Waals surface area contributed by atoms with E-state index in [-0.39, 0.29) is 11.7 Å². The number of nitrogens with zero attached hydrogens (tertiary/aromatic N) is 4. The minimum absolute atomic E-state index is 0.0847. The van der Waals surface area contributed by atoms with Crippen LogP contribution in [0.5, 0.6) is 11.6 Å². The van der Waals surface area contributed by atoms with Gasteiger partial charge in [0, 0.05) is 16.1 Å². The zero-order chi connectivity index (χ0) is 21.3. The lowest BCUT2D eigenvalue weighted by Crippen LogP contribution is -2.04. The molecule has 4 rings (SSSR count). The maximum Gasteiger partial charge on any atom is 0.373 e. The van der Waals surface area contributed by atoms with Crippen molar-refractivity contribution in [2.45, 2.75) is 6.92 Å². The second-order valence-electron chi connectivity index (χ2n) is 6.26. The summed E-state index contributed by atoms with van der Waals surface area (Å²) < 4.78 is 5.82. The number of hydrogen-bond donors (Lipinski definition) is 1. The third kappa shape index (κ3) is 3.96.